The summed E-state index contributed by atoms with van der Waals surface area (Å²) in [4.78, 5) is 22.6. The van der Waals surface area contributed by atoms with Gasteiger partial charge in [0.15, 0.2) is 5.65 Å². The van der Waals surface area contributed by atoms with Crippen LogP contribution in [0.3, 0.4) is 0 Å². The van der Waals surface area contributed by atoms with E-state index in [0.717, 1.165) is 12.1 Å². The van der Waals surface area contributed by atoms with Crippen molar-refractivity contribution < 1.29 is 0 Å². The smallest absolute Gasteiger partial charge is 0.273 e. The van der Waals surface area contributed by atoms with Crippen molar-refractivity contribution in [2.45, 2.75) is 13.5 Å². The highest BCUT2D eigenvalue weighted by atomic mass is 16.1. The normalized spacial score (nSPS) is 11.3. The lowest BCUT2D eigenvalue weighted by atomic mass is 10.3. The molecular formula is C12H16N4O. The Kier molecular flexibility index (Phi) is 3.19. The molecule has 17 heavy (non-hydrogen) atoms. The maximum absolute atomic E-state index is 12.0. The summed E-state index contributed by atoms with van der Waals surface area (Å²) in [6.07, 6.45) is 1.69. The molecule has 0 aliphatic heterocycles. The molecule has 0 unspecified atom stereocenters. The zero-order valence-corrected chi connectivity index (χ0v) is 10.3. The molecular weight excluding hydrogens is 216 g/mol. The van der Waals surface area contributed by atoms with Crippen molar-refractivity contribution in [1.82, 2.24) is 19.4 Å². The largest absolute Gasteiger partial charge is 0.308 e. The summed E-state index contributed by atoms with van der Waals surface area (Å²) in [5.74, 6) is 0. The van der Waals surface area contributed by atoms with Gasteiger partial charge >= 0.3 is 0 Å². The Morgan fingerprint density at radius 1 is 1.41 bits per heavy atom. The van der Waals surface area contributed by atoms with Crippen molar-refractivity contribution in [3.8, 4) is 0 Å². The van der Waals surface area contributed by atoms with Crippen LogP contribution in [0.1, 0.15) is 5.69 Å². The fourth-order valence-electron chi connectivity index (χ4n) is 1.71. The maximum atomic E-state index is 12.0. The zero-order valence-electron chi connectivity index (χ0n) is 10.3. The molecule has 90 valence electrons. The minimum atomic E-state index is -0.0574. The molecule has 0 aliphatic rings. The summed E-state index contributed by atoms with van der Waals surface area (Å²) >= 11 is 0. The Labute approximate surface area is 99.7 Å². The molecule has 0 aliphatic carbocycles. The van der Waals surface area contributed by atoms with Gasteiger partial charge in [0.25, 0.3) is 5.56 Å². The number of nitrogens with zero attached hydrogens (tertiary/aromatic N) is 4. The van der Waals surface area contributed by atoms with Crippen LogP contribution in [-0.4, -0.2) is 40.1 Å². The summed E-state index contributed by atoms with van der Waals surface area (Å²) in [5, 5.41) is 0. The lowest BCUT2D eigenvalue weighted by Gasteiger charge is -2.13. The van der Waals surface area contributed by atoms with Gasteiger partial charge in [-0.1, -0.05) is 0 Å². The van der Waals surface area contributed by atoms with E-state index in [1.54, 1.807) is 17.7 Å². The predicted octanol–water partition coefficient (Wildman–Crippen LogP) is 0.662. The number of aryl methyl sites for hydroxylation is 1. The van der Waals surface area contributed by atoms with Crippen molar-refractivity contribution in [2.24, 2.45) is 0 Å². The Bertz CT molecular complexity index is 589. The van der Waals surface area contributed by atoms with Gasteiger partial charge in [0.2, 0.25) is 0 Å². The fraction of sp³-hybridized carbons (Fsp3) is 0.417. The average Bonchev–Trinajstić information content (AvgIpc) is 2.29. The Morgan fingerprint density at radius 2 is 2.18 bits per heavy atom. The quantitative estimate of drug-likeness (QED) is 0.780. The number of rotatable bonds is 3. The number of aromatic nitrogens is 3. The van der Waals surface area contributed by atoms with E-state index in [1.165, 1.54) is 0 Å². The van der Waals surface area contributed by atoms with Gasteiger partial charge in [0.05, 0.1) is 0 Å². The van der Waals surface area contributed by atoms with Gasteiger partial charge in [-0.2, -0.15) is 0 Å². The topological polar surface area (TPSA) is 51.0 Å². The zero-order chi connectivity index (χ0) is 12.4. The van der Waals surface area contributed by atoms with E-state index in [-0.39, 0.29) is 5.56 Å². The number of hydrogen-bond donors (Lipinski definition) is 0. The molecule has 5 nitrogen and oxygen atoms in total. The molecule has 0 radical (unpaired) electrons. The van der Waals surface area contributed by atoms with Crippen molar-refractivity contribution in [2.75, 3.05) is 20.6 Å². The first-order valence-corrected chi connectivity index (χ1v) is 5.56. The van der Waals surface area contributed by atoms with Crippen LogP contribution in [0, 0.1) is 6.92 Å². The van der Waals surface area contributed by atoms with Gasteiger partial charge in [-0.05, 0) is 33.2 Å². The molecule has 0 N–H and O–H groups in total. The molecule has 2 aromatic rings. The molecule has 0 atom stereocenters. The van der Waals surface area contributed by atoms with Crippen molar-refractivity contribution >= 4 is 11.2 Å². The van der Waals surface area contributed by atoms with Crippen LogP contribution in [-0.2, 0) is 6.54 Å². The molecule has 5 heteroatoms. The van der Waals surface area contributed by atoms with Crippen molar-refractivity contribution in [3.05, 3.63) is 34.4 Å². The summed E-state index contributed by atoms with van der Waals surface area (Å²) in [7, 11) is 3.96. The molecule has 0 spiro atoms. The van der Waals surface area contributed by atoms with E-state index < -0.39 is 0 Å². The molecule has 0 amide bonds. The summed E-state index contributed by atoms with van der Waals surface area (Å²) in [6.45, 7) is 3.17. The van der Waals surface area contributed by atoms with Crippen LogP contribution >= 0.6 is 0 Å². The molecule has 0 fully saturated rings. The van der Waals surface area contributed by atoms with Gasteiger partial charge < -0.3 is 4.90 Å². The van der Waals surface area contributed by atoms with E-state index in [1.807, 2.05) is 31.1 Å². The number of fused-ring (bicyclic) bond motifs is 1. The monoisotopic (exact) mass is 232 g/mol. The summed E-state index contributed by atoms with van der Waals surface area (Å²) in [5.41, 5.74) is 1.88. The van der Waals surface area contributed by atoms with Crippen LogP contribution in [0.25, 0.3) is 11.2 Å². The van der Waals surface area contributed by atoms with Gasteiger partial charge in [-0.25, -0.2) is 9.97 Å². The van der Waals surface area contributed by atoms with Gasteiger partial charge in [-0.15, -0.1) is 0 Å². The third kappa shape index (κ3) is 2.34. The van der Waals surface area contributed by atoms with Crippen molar-refractivity contribution in [3.63, 3.8) is 0 Å². The van der Waals surface area contributed by atoms with Crippen LogP contribution in [0.5, 0.6) is 0 Å². The van der Waals surface area contributed by atoms with Crippen molar-refractivity contribution in [1.29, 1.82) is 0 Å². The fourth-order valence-corrected chi connectivity index (χ4v) is 1.71. The summed E-state index contributed by atoms with van der Waals surface area (Å²) < 4.78 is 1.69. The average molecular weight is 232 g/mol. The Hall–Kier alpha value is -1.75. The molecule has 0 saturated carbocycles. The first kappa shape index (κ1) is 11.7. The number of hydrogen-bond acceptors (Lipinski definition) is 4. The molecule has 0 aromatic carbocycles. The van der Waals surface area contributed by atoms with Crippen LogP contribution in [0.4, 0.5) is 0 Å². The SMILES string of the molecule is Cc1nc2cccnc2n(CCN(C)C)c1=O. The summed E-state index contributed by atoms with van der Waals surface area (Å²) in [6, 6.07) is 3.70. The molecule has 2 heterocycles. The second-order valence-corrected chi connectivity index (χ2v) is 4.30. The minimum absolute atomic E-state index is 0.0574. The maximum Gasteiger partial charge on any atom is 0.273 e. The van der Waals surface area contributed by atoms with Crippen LogP contribution in [0.2, 0.25) is 0 Å². The molecule has 0 saturated heterocycles. The molecule has 0 bridgehead atoms. The molecule has 2 rings (SSSR count). The third-order valence-corrected chi connectivity index (χ3v) is 2.64. The first-order chi connectivity index (χ1) is 8.09. The van der Waals surface area contributed by atoms with E-state index in [0.29, 0.717) is 17.9 Å². The number of likely N-dealkylation sites (N-methyl/N-ethyl adjacent to an activating group) is 1. The highest BCUT2D eigenvalue weighted by Gasteiger charge is 2.08. The number of pyridine rings is 1. The van der Waals surface area contributed by atoms with E-state index in [4.69, 9.17) is 0 Å². The molecule has 2 aromatic heterocycles. The standard InChI is InChI=1S/C12H16N4O/c1-9-12(17)16(8-7-15(2)3)11-10(14-9)5-4-6-13-11/h4-6H,7-8H2,1-3H3. The predicted molar refractivity (Wildman–Crippen MR) is 67.1 cm³/mol. The Balaban J connectivity index is 2.58. The lowest BCUT2D eigenvalue weighted by Crippen LogP contribution is -2.29. The first-order valence-electron chi connectivity index (χ1n) is 5.56. The highest BCUT2D eigenvalue weighted by Crippen LogP contribution is 2.06. The van der Waals surface area contributed by atoms with Gasteiger partial charge in [0.1, 0.15) is 11.2 Å². The van der Waals surface area contributed by atoms with Crippen LogP contribution in [0.15, 0.2) is 23.1 Å². The van der Waals surface area contributed by atoms with E-state index in [9.17, 15) is 4.79 Å². The second-order valence-electron chi connectivity index (χ2n) is 4.30. The minimum Gasteiger partial charge on any atom is -0.308 e. The Morgan fingerprint density at radius 3 is 2.88 bits per heavy atom. The van der Waals surface area contributed by atoms with Gasteiger partial charge in [-0.3, -0.25) is 9.36 Å². The highest BCUT2D eigenvalue weighted by molar-refractivity contribution is 5.69. The third-order valence-electron chi connectivity index (χ3n) is 2.64. The lowest BCUT2D eigenvalue weighted by molar-refractivity contribution is 0.383. The van der Waals surface area contributed by atoms with E-state index in [2.05, 4.69) is 9.97 Å². The van der Waals surface area contributed by atoms with E-state index >= 15 is 0 Å². The second kappa shape index (κ2) is 4.63. The van der Waals surface area contributed by atoms with Gasteiger partial charge in [0, 0.05) is 19.3 Å². The van der Waals surface area contributed by atoms with Crippen LogP contribution < -0.4 is 5.56 Å².